The van der Waals surface area contributed by atoms with Gasteiger partial charge in [-0.05, 0) is 6.42 Å². The number of phosphoric acid groups is 3. The number of amides is 2. The molecule has 19 N–H and O–H groups in total. The summed E-state index contributed by atoms with van der Waals surface area (Å²) in [6.07, 6.45) is 7.60. The first-order valence-corrected chi connectivity index (χ1v) is 26.5. The van der Waals surface area contributed by atoms with Crippen LogP contribution in [-0.2, 0) is 50.7 Å². The fourth-order valence-corrected chi connectivity index (χ4v) is 9.93. The van der Waals surface area contributed by atoms with E-state index in [1.165, 1.54) is 71.6 Å². The number of aliphatic hydroxyl groups is 2. The number of thioether (sulfide) groups is 1. The van der Waals surface area contributed by atoms with E-state index in [0.29, 0.717) is 12.2 Å². The summed E-state index contributed by atoms with van der Waals surface area (Å²) in [5.74, 6) is -1.11. The molecule has 2 aromatic heterocycles. The molecule has 1 saturated heterocycles. The topological polar surface area (TPSA) is 482 Å². The van der Waals surface area contributed by atoms with E-state index in [9.17, 15) is 57.9 Å². The Balaban J connectivity index is 0.0000145. The second kappa shape index (κ2) is 30.9. The second-order valence-electron chi connectivity index (χ2n) is 15.9. The predicted octanol–water partition coefficient (Wildman–Crippen LogP) is 2.99. The maximum Gasteiger partial charge on any atom is 0.274 e. The maximum absolute atomic E-state index is 12.6. The molecule has 0 spiro atoms. The third-order valence-corrected chi connectivity index (χ3v) is 13.9. The number of hydrogen-bond acceptors (Lipinski definition) is 21. The van der Waals surface area contributed by atoms with Gasteiger partial charge in [0.1, 0.15) is 36.3 Å². The van der Waals surface area contributed by atoms with Crippen LogP contribution in [0.2, 0.25) is 0 Å². The minimum absolute atomic E-state index is 0. The first-order chi connectivity index (χ1) is 30.1. The normalized spacial score (nSPS) is 20.3. The van der Waals surface area contributed by atoms with E-state index in [1.807, 2.05) is 0 Å². The van der Waals surface area contributed by atoms with Crippen molar-refractivity contribution in [3.05, 3.63) is 12.7 Å². The molecule has 0 bridgehead atoms. The van der Waals surface area contributed by atoms with E-state index in [0.717, 1.165) is 48.2 Å². The molecule has 1 fully saturated rings. The number of unbranched alkanes of at least 4 members (excludes halogenated alkanes) is 11. The minimum atomic E-state index is -5.90. The number of aromatic nitrogens is 4. The third-order valence-electron chi connectivity index (χ3n) is 9.98. The van der Waals surface area contributed by atoms with Gasteiger partial charge in [0.2, 0.25) is 11.8 Å². The van der Waals surface area contributed by atoms with Gasteiger partial charge in [0.05, 0.1) is 19.5 Å². The zero-order chi connectivity index (χ0) is 47.6. The zero-order valence-corrected chi connectivity index (χ0v) is 42.6. The van der Waals surface area contributed by atoms with E-state index in [-0.39, 0.29) is 60.1 Å². The molecule has 1 aliphatic rings. The molecule has 3 heterocycles. The Hall–Kier alpha value is -2.56. The highest BCUT2D eigenvalue weighted by Crippen LogP contribution is 2.56. The van der Waals surface area contributed by atoms with Crippen LogP contribution in [0.3, 0.4) is 0 Å². The van der Waals surface area contributed by atoms with Crippen LogP contribution in [0.15, 0.2) is 12.7 Å². The SMILES string of the molecule is CCCCCCCCCCCCCCC(=O)SCCNC(=O)CCNC(=O)[C@H](O)C(C)(C)COP(=O)([O-])OP(=O)([O-])OC[C@H]1O[C@@H](n2cnc3c(N)ncnc32)C(O)[C@H]1OP(=O)([O-])O.[NH4+].[NH4+].[NH4+]. The van der Waals surface area contributed by atoms with Gasteiger partial charge in [-0.25, -0.2) is 19.3 Å². The summed E-state index contributed by atoms with van der Waals surface area (Å²) in [6.45, 7) is 2.45. The number of imidazole rings is 1. The van der Waals surface area contributed by atoms with Crippen LogP contribution in [-0.4, -0.2) is 108 Å². The number of ether oxygens (including phenoxy) is 1. The molecule has 67 heavy (non-hydrogen) atoms. The summed E-state index contributed by atoms with van der Waals surface area (Å²) in [7, 11) is -17.3. The number of quaternary nitrogens is 3. The Morgan fingerprint density at radius 3 is 2.07 bits per heavy atom. The van der Waals surface area contributed by atoms with E-state index >= 15 is 0 Å². The first-order valence-electron chi connectivity index (χ1n) is 21.0. The molecule has 390 valence electrons. The van der Waals surface area contributed by atoms with Crippen molar-refractivity contribution in [1.29, 1.82) is 0 Å². The summed E-state index contributed by atoms with van der Waals surface area (Å²) in [4.78, 5) is 94.7. The van der Waals surface area contributed by atoms with Crippen molar-refractivity contribution < 1.29 is 80.5 Å². The van der Waals surface area contributed by atoms with E-state index in [4.69, 9.17) is 10.5 Å². The van der Waals surface area contributed by atoms with Gasteiger partial charge in [-0.15, -0.1) is 0 Å². The van der Waals surface area contributed by atoms with Crippen molar-refractivity contribution in [2.24, 2.45) is 5.41 Å². The molecule has 0 saturated carbocycles. The highest BCUT2D eigenvalue weighted by molar-refractivity contribution is 8.13. The van der Waals surface area contributed by atoms with Crippen LogP contribution in [0, 0.1) is 5.41 Å². The molecule has 2 amide bonds. The summed E-state index contributed by atoms with van der Waals surface area (Å²) < 4.78 is 61.1. The van der Waals surface area contributed by atoms with Crippen molar-refractivity contribution in [1.82, 2.24) is 48.6 Å². The zero-order valence-electron chi connectivity index (χ0n) is 39.1. The van der Waals surface area contributed by atoms with Crippen molar-refractivity contribution in [3.8, 4) is 0 Å². The maximum atomic E-state index is 12.6. The molecule has 4 unspecified atom stereocenters. The first kappa shape index (κ1) is 64.4. The monoisotopic (exact) mass is 1040 g/mol. The van der Waals surface area contributed by atoms with Crippen LogP contribution in [0.5, 0.6) is 0 Å². The lowest BCUT2D eigenvalue weighted by Gasteiger charge is -2.35. The lowest BCUT2D eigenvalue weighted by Crippen LogP contribution is -2.46. The van der Waals surface area contributed by atoms with Crippen LogP contribution in [0.4, 0.5) is 5.82 Å². The lowest BCUT2D eigenvalue weighted by atomic mass is 9.87. The number of rotatable bonds is 32. The Labute approximate surface area is 394 Å². The fraction of sp³-hybridized carbons (Fsp3) is 0.778. The average Bonchev–Trinajstić information content (AvgIpc) is 3.78. The van der Waals surface area contributed by atoms with E-state index in [2.05, 4.69) is 50.4 Å². The number of carbonyl (C=O) groups excluding carboxylic acids is 3. The van der Waals surface area contributed by atoms with Crippen LogP contribution >= 0.6 is 35.2 Å². The quantitative estimate of drug-likeness (QED) is 0.0375. The number of nitrogens with one attached hydrogen (secondary N) is 2. The van der Waals surface area contributed by atoms with Crippen molar-refractivity contribution in [3.63, 3.8) is 0 Å². The Morgan fingerprint density at radius 1 is 0.896 bits per heavy atom. The molecule has 0 aromatic carbocycles. The number of hydrogen-bond donors (Lipinski definition) is 9. The molecule has 0 aliphatic carbocycles. The van der Waals surface area contributed by atoms with Gasteiger partial charge in [0.25, 0.3) is 23.5 Å². The molecule has 1 aliphatic heterocycles. The summed E-state index contributed by atoms with van der Waals surface area (Å²) in [5.41, 5.74) is 4.13. The van der Waals surface area contributed by atoms with Crippen molar-refractivity contribution in [2.75, 3.05) is 37.8 Å². The second-order valence-corrected chi connectivity index (χ2v) is 21.1. The highest BCUT2D eigenvalue weighted by atomic mass is 32.2. The van der Waals surface area contributed by atoms with E-state index < -0.39 is 84.6 Å². The van der Waals surface area contributed by atoms with Gasteiger partial charge < -0.3 is 82.9 Å². The molecule has 8 atom stereocenters. The molecule has 2 aromatic rings. The number of nitrogen functional groups attached to an aromatic ring is 1. The fourth-order valence-electron chi connectivity index (χ4n) is 6.46. The van der Waals surface area contributed by atoms with Gasteiger partial charge in [-0.3, -0.25) is 32.6 Å². The summed E-state index contributed by atoms with van der Waals surface area (Å²) >= 11 is 1.14. The van der Waals surface area contributed by atoms with Crippen LogP contribution < -0.4 is 49.5 Å². The standard InChI is InChI=1S/C36H64N7O17P3S.3H3N/c1-4-5-6-7-8-9-10-11-12-13-14-15-16-27(45)64-20-19-38-26(44)17-18-39-34(48)31(47)36(2,3)22-57-63(54,55)60-62(52,53)56-21-25-30(59-61(49,50)51)29(46)35(58-25)43-24-42-28-32(37)40-23-41-33(28)43;;;/h23-25,29-31,35,46-47H,4-22H2,1-3H3,(H,38,44)(H,39,48)(H,52,53)(H,54,55)(H2,37,40,41)(H2,49,50,51);3*1H3/t25-,29?,30+,31+,35-;;;/m1.../s1. The molecular weight excluding hydrogens is 969 g/mol. The molecule has 0 radical (unpaired) electrons. The van der Waals surface area contributed by atoms with Gasteiger partial charge in [-0.1, -0.05) is 103 Å². The van der Waals surface area contributed by atoms with Crippen molar-refractivity contribution in [2.45, 2.75) is 141 Å². The molecule has 3 rings (SSSR count). The number of phosphoric ester groups is 3. The average molecular weight is 1040 g/mol. The molecule has 27 nitrogen and oxygen atoms in total. The lowest BCUT2D eigenvalue weighted by molar-refractivity contribution is -0.247. The number of anilines is 1. The summed E-state index contributed by atoms with van der Waals surface area (Å²) in [5, 5.41) is 26.5. The Morgan fingerprint density at radius 2 is 1.48 bits per heavy atom. The molecular formula is C36H73N10O17P3S. The van der Waals surface area contributed by atoms with Gasteiger partial charge in [0.15, 0.2) is 22.8 Å². The Kier molecular flexibility index (Phi) is 29.7. The number of carbonyl (C=O) groups is 3. The van der Waals surface area contributed by atoms with Crippen LogP contribution in [0.25, 0.3) is 11.2 Å². The van der Waals surface area contributed by atoms with E-state index in [1.54, 1.807) is 0 Å². The van der Waals surface area contributed by atoms with Gasteiger partial charge >= 0.3 is 0 Å². The molecule has 31 heteroatoms. The van der Waals surface area contributed by atoms with Crippen molar-refractivity contribution >= 4 is 69.1 Å². The minimum Gasteiger partial charge on any atom is -0.756 e. The van der Waals surface area contributed by atoms with Gasteiger partial charge in [-0.2, -0.15) is 0 Å². The smallest absolute Gasteiger partial charge is 0.274 e. The summed E-state index contributed by atoms with van der Waals surface area (Å²) in [6, 6.07) is 0. The highest BCUT2D eigenvalue weighted by Gasteiger charge is 2.48. The largest absolute Gasteiger partial charge is 0.756 e. The number of nitrogens with two attached hydrogens (primary N) is 1. The third kappa shape index (κ3) is 23.3. The number of fused-ring (bicyclic) bond motifs is 1. The van der Waals surface area contributed by atoms with Crippen LogP contribution in [0.1, 0.15) is 117 Å². The Bertz CT molecular complexity index is 1950. The number of nitrogens with zero attached hydrogens (tertiary/aromatic N) is 4. The van der Waals surface area contributed by atoms with Gasteiger partial charge in [0, 0.05) is 37.1 Å². The predicted molar refractivity (Wildman–Crippen MR) is 244 cm³/mol. The number of aliphatic hydroxyl groups excluding tert-OH is 2.